The van der Waals surface area contributed by atoms with Gasteiger partial charge in [0.1, 0.15) is 11.6 Å². The number of hydrogen-bond donors (Lipinski definition) is 2. The highest BCUT2D eigenvalue weighted by Gasteiger charge is 2.25. The van der Waals surface area contributed by atoms with Gasteiger partial charge in [0.05, 0.1) is 0 Å². The van der Waals surface area contributed by atoms with Gasteiger partial charge in [-0.25, -0.2) is 4.79 Å². The fraction of sp³-hybridized carbons (Fsp3) is 0.800. The lowest BCUT2D eigenvalue weighted by molar-refractivity contribution is -0.155. The standard InChI is InChI=1S/C15H27NO5/c1-14(2,3)9-11(17)16-10(13(19)20)7-8-12(18)21-15(4,5)6/h10H,7-9H2,1-6H3,(H,16,17)(H,19,20)/t10-/m1/s1. The molecule has 0 aliphatic carbocycles. The number of carboxylic acid groups (broad SMARTS) is 1. The van der Waals surface area contributed by atoms with Gasteiger partial charge in [0.25, 0.3) is 0 Å². The van der Waals surface area contributed by atoms with Crippen molar-refractivity contribution in [1.82, 2.24) is 5.32 Å². The molecule has 0 rings (SSSR count). The number of ether oxygens (including phenoxy) is 1. The van der Waals surface area contributed by atoms with Crippen LogP contribution in [0.3, 0.4) is 0 Å². The lowest BCUT2D eigenvalue weighted by Gasteiger charge is -2.22. The zero-order valence-corrected chi connectivity index (χ0v) is 13.8. The summed E-state index contributed by atoms with van der Waals surface area (Å²) in [5, 5.41) is 11.5. The van der Waals surface area contributed by atoms with E-state index in [4.69, 9.17) is 9.84 Å². The van der Waals surface area contributed by atoms with Crippen LogP contribution in [-0.2, 0) is 19.1 Å². The number of carboxylic acids is 1. The Kier molecular flexibility index (Phi) is 6.86. The molecule has 0 aromatic heterocycles. The summed E-state index contributed by atoms with van der Waals surface area (Å²) in [6.07, 6.45) is 0.188. The van der Waals surface area contributed by atoms with E-state index in [9.17, 15) is 14.4 Å². The smallest absolute Gasteiger partial charge is 0.326 e. The van der Waals surface area contributed by atoms with Crippen LogP contribution < -0.4 is 5.32 Å². The zero-order chi connectivity index (χ0) is 16.8. The number of nitrogens with one attached hydrogen (secondary N) is 1. The van der Waals surface area contributed by atoms with Crippen LogP contribution in [0, 0.1) is 5.41 Å². The quantitative estimate of drug-likeness (QED) is 0.733. The summed E-state index contributed by atoms with van der Waals surface area (Å²) in [6, 6.07) is -1.08. The second-order valence-electron chi connectivity index (χ2n) is 7.32. The first-order valence-electron chi connectivity index (χ1n) is 7.04. The van der Waals surface area contributed by atoms with E-state index in [2.05, 4.69) is 5.32 Å². The Morgan fingerprint density at radius 2 is 1.62 bits per heavy atom. The Bertz CT molecular complexity index is 390. The van der Waals surface area contributed by atoms with Gasteiger partial charge in [0, 0.05) is 12.8 Å². The Hall–Kier alpha value is -1.59. The molecule has 0 fully saturated rings. The van der Waals surface area contributed by atoms with Crippen LogP contribution in [0.15, 0.2) is 0 Å². The van der Waals surface area contributed by atoms with Crippen molar-refractivity contribution in [2.75, 3.05) is 0 Å². The van der Waals surface area contributed by atoms with Gasteiger partial charge in [-0.2, -0.15) is 0 Å². The summed E-state index contributed by atoms with van der Waals surface area (Å²) >= 11 is 0. The summed E-state index contributed by atoms with van der Waals surface area (Å²) in [6.45, 7) is 10.9. The molecular formula is C15H27NO5. The molecule has 0 aliphatic heterocycles. The summed E-state index contributed by atoms with van der Waals surface area (Å²) in [5.41, 5.74) is -0.830. The Balaban J connectivity index is 4.42. The Morgan fingerprint density at radius 3 is 2.00 bits per heavy atom. The topological polar surface area (TPSA) is 92.7 Å². The molecule has 0 bridgehead atoms. The van der Waals surface area contributed by atoms with Crippen LogP contribution in [0.2, 0.25) is 0 Å². The summed E-state index contributed by atoms with van der Waals surface area (Å²) < 4.78 is 5.11. The van der Waals surface area contributed by atoms with Gasteiger partial charge in [-0.3, -0.25) is 9.59 Å². The molecule has 0 aromatic carbocycles. The number of aliphatic carboxylic acids is 1. The largest absolute Gasteiger partial charge is 0.480 e. The number of rotatable bonds is 6. The van der Waals surface area contributed by atoms with Crippen molar-refractivity contribution >= 4 is 17.8 Å². The van der Waals surface area contributed by atoms with Crippen LogP contribution in [0.5, 0.6) is 0 Å². The third-order valence-electron chi connectivity index (χ3n) is 2.38. The molecule has 0 aromatic rings. The van der Waals surface area contributed by atoms with Crippen molar-refractivity contribution in [3.05, 3.63) is 0 Å². The van der Waals surface area contributed by atoms with E-state index in [0.717, 1.165) is 0 Å². The average Bonchev–Trinajstić information content (AvgIpc) is 2.18. The zero-order valence-electron chi connectivity index (χ0n) is 13.8. The number of carbonyl (C=O) groups excluding carboxylic acids is 2. The minimum atomic E-state index is -1.15. The normalized spacial score (nSPS) is 13.4. The van der Waals surface area contributed by atoms with Crippen molar-refractivity contribution in [1.29, 1.82) is 0 Å². The van der Waals surface area contributed by atoms with Crippen molar-refractivity contribution in [2.45, 2.75) is 72.4 Å². The van der Waals surface area contributed by atoms with Crippen LogP contribution >= 0.6 is 0 Å². The summed E-state index contributed by atoms with van der Waals surface area (Å²) in [4.78, 5) is 34.5. The van der Waals surface area contributed by atoms with E-state index in [1.165, 1.54) is 0 Å². The van der Waals surface area contributed by atoms with Gasteiger partial charge in [-0.05, 0) is 32.6 Å². The monoisotopic (exact) mass is 301 g/mol. The molecule has 122 valence electrons. The fourth-order valence-corrected chi connectivity index (χ4v) is 1.64. The summed E-state index contributed by atoms with van der Waals surface area (Å²) in [5.74, 6) is -1.96. The first-order valence-corrected chi connectivity index (χ1v) is 7.04. The van der Waals surface area contributed by atoms with Crippen LogP contribution in [0.4, 0.5) is 0 Å². The predicted octanol–water partition coefficient (Wildman–Crippen LogP) is 2.11. The van der Waals surface area contributed by atoms with Crippen molar-refractivity contribution < 1.29 is 24.2 Å². The van der Waals surface area contributed by atoms with E-state index >= 15 is 0 Å². The highest BCUT2D eigenvalue weighted by Crippen LogP contribution is 2.18. The lowest BCUT2D eigenvalue weighted by atomic mass is 9.92. The van der Waals surface area contributed by atoms with Gasteiger partial charge in [-0.15, -0.1) is 0 Å². The number of hydrogen-bond acceptors (Lipinski definition) is 4. The fourth-order valence-electron chi connectivity index (χ4n) is 1.64. The molecule has 0 heterocycles. The molecule has 0 spiro atoms. The molecule has 6 nitrogen and oxygen atoms in total. The first kappa shape index (κ1) is 19.4. The third-order valence-corrected chi connectivity index (χ3v) is 2.38. The molecule has 1 atom stereocenters. The molecule has 21 heavy (non-hydrogen) atoms. The maximum Gasteiger partial charge on any atom is 0.326 e. The minimum absolute atomic E-state index is 0.0140. The molecule has 0 saturated heterocycles. The SMILES string of the molecule is CC(C)(C)CC(=O)N[C@H](CCC(=O)OC(C)(C)C)C(=O)O. The average molecular weight is 301 g/mol. The van der Waals surface area contributed by atoms with Crippen molar-refractivity contribution in [2.24, 2.45) is 5.41 Å². The maximum absolute atomic E-state index is 11.8. The van der Waals surface area contributed by atoms with E-state index in [1.807, 2.05) is 20.8 Å². The van der Waals surface area contributed by atoms with Gasteiger partial charge < -0.3 is 15.2 Å². The first-order chi connectivity index (χ1) is 9.30. The predicted molar refractivity (Wildman–Crippen MR) is 78.7 cm³/mol. The van der Waals surface area contributed by atoms with Crippen LogP contribution in [0.1, 0.15) is 60.8 Å². The number of esters is 1. The van der Waals surface area contributed by atoms with Crippen molar-refractivity contribution in [3.8, 4) is 0 Å². The van der Waals surface area contributed by atoms with Crippen molar-refractivity contribution in [3.63, 3.8) is 0 Å². The van der Waals surface area contributed by atoms with Crippen LogP contribution in [0.25, 0.3) is 0 Å². The maximum atomic E-state index is 11.8. The molecule has 2 N–H and O–H groups in total. The second kappa shape index (κ2) is 7.43. The van der Waals surface area contributed by atoms with E-state index in [1.54, 1.807) is 20.8 Å². The molecule has 0 saturated carbocycles. The Morgan fingerprint density at radius 1 is 1.10 bits per heavy atom. The molecule has 6 heteroatoms. The lowest BCUT2D eigenvalue weighted by Crippen LogP contribution is -2.42. The molecule has 0 aliphatic rings. The highest BCUT2D eigenvalue weighted by atomic mass is 16.6. The van der Waals surface area contributed by atoms with E-state index in [-0.39, 0.29) is 30.6 Å². The molecular weight excluding hydrogens is 274 g/mol. The van der Waals surface area contributed by atoms with Crippen LogP contribution in [-0.4, -0.2) is 34.6 Å². The highest BCUT2D eigenvalue weighted by molar-refractivity contribution is 5.84. The number of carbonyl (C=O) groups is 3. The molecule has 0 unspecified atom stereocenters. The van der Waals surface area contributed by atoms with Gasteiger partial charge >= 0.3 is 11.9 Å². The Labute approximate surface area is 126 Å². The minimum Gasteiger partial charge on any atom is -0.480 e. The molecule has 1 amide bonds. The molecule has 0 radical (unpaired) electrons. The second-order valence-corrected chi connectivity index (χ2v) is 7.32. The van der Waals surface area contributed by atoms with E-state index in [0.29, 0.717) is 0 Å². The van der Waals surface area contributed by atoms with Gasteiger partial charge in [0.15, 0.2) is 0 Å². The van der Waals surface area contributed by atoms with E-state index < -0.39 is 23.6 Å². The van der Waals surface area contributed by atoms with Gasteiger partial charge in [-0.1, -0.05) is 20.8 Å². The number of amides is 1. The summed E-state index contributed by atoms with van der Waals surface area (Å²) in [7, 11) is 0. The van der Waals surface area contributed by atoms with Gasteiger partial charge in [0.2, 0.25) is 5.91 Å². The third kappa shape index (κ3) is 10.8.